The molecule has 1 aromatic rings. The third-order valence-corrected chi connectivity index (χ3v) is 4.07. The fraction of sp³-hybridized carbons (Fsp3) is 0.467. The summed E-state index contributed by atoms with van der Waals surface area (Å²) in [6.45, 7) is 2.03. The molecule has 126 valence electrons. The molecule has 2 heterocycles. The second-order valence-corrected chi connectivity index (χ2v) is 5.60. The maximum Gasteiger partial charge on any atom is 0.490 e. The van der Waals surface area contributed by atoms with Crippen LogP contribution in [0.2, 0.25) is 0 Å². The van der Waals surface area contributed by atoms with Crippen molar-refractivity contribution in [2.24, 2.45) is 0 Å². The highest BCUT2D eigenvalue weighted by Gasteiger charge is 2.40. The standard InChI is InChI=1S/C13H16N2O.C2HF3O2/c16-12-9-13(5-7-14-8-6-13)10-3-1-2-4-11(10)15-12;3-2(4,5)1(6)7/h1-4,14H,5-9H2,(H,15,16);(H,6,7). The predicted octanol–water partition coefficient (Wildman–Crippen LogP) is 2.28. The smallest absolute Gasteiger partial charge is 0.475 e. The number of halogens is 3. The lowest BCUT2D eigenvalue weighted by Gasteiger charge is -2.41. The number of piperidine rings is 1. The van der Waals surface area contributed by atoms with E-state index < -0.39 is 12.1 Å². The fourth-order valence-corrected chi connectivity index (χ4v) is 3.00. The minimum atomic E-state index is -5.08. The van der Waals surface area contributed by atoms with E-state index in [0.29, 0.717) is 6.42 Å². The number of carbonyl (C=O) groups excluding carboxylic acids is 1. The summed E-state index contributed by atoms with van der Waals surface area (Å²) in [6.07, 6.45) is -2.31. The largest absolute Gasteiger partial charge is 0.490 e. The number of anilines is 1. The van der Waals surface area contributed by atoms with Crippen LogP contribution in [0.25, 0.3) is 0 Å². The molecular weight excluding hydrogens is 313 g/mol. The Bertz CT molecular complexity index is 596. The van der Waals surface area contributed by atoms with Crippen molar-refractivity contribution in [3.05, 3.63) is 29.8 Å². The van der Waals surface area contributed by atoms with Crippen molar-refractivity contribution < 1.29 is 27.9 Å². The van der Waals surface area contributed by atoms with E-state index in [1.54, 1.807) is 0 Å². The first-order chi connectivity index (χ1) is 10.7. The number of amides is 1. The number of alkyl halides is 3. The average molecular weight is 330 g/mol. The van der Waals surface area contributed by atoms with E-state index in [0.717, 1.165) is 31.6 Å². The Hall–Kier alpha value is -2.09. The third kappa shape index (κ3) is 4.01. The van der Waals surface area contributed by atoms with Gasteiger partial charge in [0.1, 0.15) is 0 Å². The van der Waals surface area contributed by atoms with E-state index in [9.17, 15) is 18.0 Å². The van der Waals surface area contributed by atoms with Gasteiger partial charge >= 0.3 is 12.1 Å². The summed E-state index contributed by atoms with van der Waals surface area (Å²) >= 11 is 0. The lowest BCUT2D eigenvalue weighted by Crippen LogP contribution is -2.45. The molecule has 8 heteroatoms. The van der Waals surface area contributed by atoms with Crippen LogP contribution in [-0.2, 0) is 15.0 Å². The highest BCUT2D eigenvalue weighted by molar-refractivity contribution is 5.95. The van der Waals surface area contributed by atoms with Crippen molar-refractivity contribution in [2.75, 3.05) is 18.4 Å². The first-order valence-corrected chi connectivity index (χ1v) is 7.15. The number of aliphatic carboxylic acids is 1. The molecule has 1 aromatic carbocycles. The van der Waals surface area contributed by atoms with Crippen LogP contribution in [0.5, 0.6) is 0 Å². The molecule has 2 aliphatic rings. The molecule has 0 aliphatic carbocycles. The van der Waals surface area contributed by atoms with Gasteiger partial charge in [0.15, 0.2) is 0 Å². The molecule has 23 heavy (non-hydrogen) atoms. The molecule has 0 bridgehead atoms. The molecule has 2 aliphatic heterocycles. The van der Waals surface area contributed by atoms with E-state index in [2.05, 4.69) is 22.8 Å². The molecule has 0 aromatic heterocycles. The number of carboxylic acids is 1. The zero-order valence-corrected chi connectivity index (χ0v) is 12.2. The van der Waals surface area contributed by atoms with Gasteiger partial charge in [0.25, 0.3) is 0 Å². The van der Waals surface area contributed by atoms with Gasteiger partial charge in [-0.3, -0.25) is 4.79 Å². The number of nitrogens with one attached hydrogen (secondary N) is 2. The van der Waals surface area contributed by atoms with Crippen molar-refractivity contribution >= 4 is 17.6 Å². The van der Waals surface area contributed by atoms with Gasteiger partial charge in [-0.1, -0.05) is 18.2 Å². The third-order valence-electron chi connectivity index (χ3n) is 4.07. The summed E-state index contributed by atoms with van der Waals surface area (Å²) in [7, 11) is 0. The molecule has 3 N–H and O–H groups in total. The van der Waals surface area contributed by atoms with Gasteiger partial charge in [0.05, 0.1) is 0 Å². The van der Waals surface area contributed by atoms with Crippen molar-refractivity contribution in [3.8, 4) is 0 Å². The molecule has 1 fully saturated rings. The van der Waals surface area contributed by atoms with Gasteiger partial charge in [-0.15, -0.1) is 0 Å². The van der Waals surface area contributed by atoms with Crippen LogP contribution < -0.4 is 10.6 Å². The number of fused-ring (bicyclic) bond motifs is 2. The van der Waals surface area contributed by atoms with E-state index in [-0.39, 0.29) is 11.3 Å². The maximum absolute atomic E-state index is 11.8. The minimum absolute atomic E-state index is 0.0875. The Labute approximate surface area is 130 Å². The van der Waals surface area contributed by atoms with Crippen LogP contribution in [0.1, 0.15) is 24.8 Å². The summed E-state index contributed by atoms with van der Waals surface area (Å²) in [5, 5.41) is 13.5. The first-order valence-electron chi connectivity index (χ1n) is 7.15. The van der Waals surface area contributed by atoms with E-state index in [1.165, 1.54) is 5.56 Å². The SMILES string of the molecule is O=C(O)C(F)(F)F.O=C1CC2(CCNCC2)c2ccccc2N1. The normalized spacial score (nSPS) is 19.2. The van der Waals surface area contributed by atoms with Crippen LogP contribution in [-0.4, -0.2) is 36.2 Å². The quantitative estimate of drug-likeness (QED) is 0.682. The summed E-state index contributed by atoms with van der Waals surface area (Å²) in [5.41, 5.74) is 2.43. The molecule has 0 atom stereocenters. The van der Waals surface area contributed by atoms with Gasteiger partial charge < -0.3 is 15.7 Å². The predicted molar refractivity (Wildman–Crippen MR) is 77.2 cm³/mol. The number of rotatable bonds is 0. The van der Waals surface area contributed by atoms with Gasteiger partial charge in [-0.05, 0) is 37.6 Å². The Morgan fingerprint density at radius 3 is 2.30 bits per heavy atom. The highest BCUT2D eigenvalue weighted by atomic mass is 19.4. The Morgan fingerprint density at radius 2 is 1.74 bits per heavy atom. The van der Waals surface area contributed by atoms with Gasteiger partial charge in [0.2, 0.25) is 5.91 Å². The van der Waals surface area contributed by atoms with Crippen LogP contribution in [0.4, 0.5) is 18.9 Å². The topological polar surface area (TPSA) is 78.4 Å². The molecular formula is C15H17F3N2O3. The Balaban J connectivity index is 0.000000236. The first kappa shape index (κ1) is 17.3. The van der Waals surface area contributed by atoms with Crippen LogP contribution in [0.3, 0.4) is 0 Å². The number of hydrogen-bond acceptors (Lipinski definition) is 3. The number of para-hydroxylation sites is 1. The summed E-state index contributed by atoms with van der Waals surface area (Å²) in [5.74, 6) is -2.59. The molecule has 5 nitrogen and oxygen atoms in total. The summed E-state index contributed by atoms with van der Waals surface area (Å²) in [4.78, 5) is 20.7. The van der Waals surface area contributed by atoms with Gasteiger partial charge in [-0.2, -0.15) is 13.2 Å². The van der Waals surface area contributed by atoms with Crippen LogP contribution in [0, 0.1) is 0 Å². The van der Waals surface area contributed by atoms with E-state index in [4.69, 9.17) is 9.90 Å². The Morgan fingerprint density at radius 1 is 1.17 bits per heavy atom. The summed E-state index contributed by atoms with van der Waals surface area (Å²) < 4.78 is 31.7. The lowest BCUT2D eigenvalue weighted by molar-refractivity contribution is -0.192. The average Bonchev–Trinajstić information content (AvgIpc) is 2.47. The lowest BCUT2D eigenvalue weighted by atomic mass is 9.68. The number of carbonyl (C=O) groups is 2. The maximum atomic E-state index is 11.8. The Kier molecular flexibility index (Phi) is 4.93. The molecule has 3 rings (SSSR count). The van der Waals surface area contributed by atoms with Crippen molar-refractivity contribution in [1.29, 1.82) is 0 Å². The van der Waals surface area contributed by atoms with E-state index >= 15 is 0 Å². The second-order valence-electron chi connectivity index (χ2n) is 5.60. The van der Waals surface area contributed by atoms with Crippen molar-refractivity contribution in [2.45, 2.75) is 30.9 Å². The van der Waals surface area contributed by atoms with Gasteiger partial charge in [-0.25, -0.2) is 4.79 Å². The van der Waals surface area contributed by atoms with Crippen LogP contribution in [0.15, 0.2) is 24.3 Å². The summed E-state index contributed by atoms with van der Waals surface area (Å²) in [6, 6.07) is 8.23. The zero-order valence-electron chi connectivity index (χ0n) is 12.2. The van der Waals surface area contributed by atoms with Crippen molar-refractivity contribution in [3.63, 3.8) is 0 Å². The number of hydrogen-bond donors (Lipinski definition) is 3. The monoisotopic (exact) mass is 330 g/mol. The number of benzene rings is 1. The van der Waals surface area contributed by atoms with E-state index in [1.807, 2.05) is 12.1 Å². The molecule has 0 unspecified atom stereocenters. The molecule has 1 amide bonds. The molecule has 1 saturated heterocycles. The second kappa shape index (κ2) is 6.57. The van der Waals surface area contributed by atoms with Gasteiger partial charge in [0, 0.05) is 17.5 Å². The molecule has 0 radical (unpaired) electrons. The minimum Gasteiger partial charge on any atom is -0.475 e. The zero-order chi connectivity index (χ0) is 17.1. The molecule has 0 saturated carbocycles. The molecule has 1 spiro atoms. The van der Waals surface area contributed by atoms with Crippen LogP contribution >= 0.6 is 0 Å². The fourth-order valence-electron chi connectivity index (χ4n) is 3.00. The van der Waals surface area contributed by atoms with Crippen molar-refractivity contribution in [1.82, 2.24) is 5.32 Å². The number of carboxylic acid groups (broad SMARTS) is 1. The highest BCUT2D eigenvalue weighted by Crippen LogP contribution is 2.43.